The molecule has 3 rings (SSSR count). The average Bonchev–Trinajstić information content (AvgIpc) is 2.77. The maximum atomic E-state index is 12.9. The van der Waals surface area contributed by atoms with Gasteiger partial charge in [-0.25, -0.2) is 0 Å². The number of piperidine rings is 1. The molecule has 29 heavy (non-hydrogen) atoms. The third-order valence-electron chi connectivity index (χ3n) is 5.04. The molecule has 0 atom stereocenters. The van der Waals surface area contributed by atoms with Gasteiger partial charge in [0.25, 0.3) is 11.8 Å². The zero-order valence-electron chi connectivity index (χ0n) is 16.9. The summed E-state index contributed by atoms with van der Waals surface area (Å²) < 4.78 is 5.05. The van der Waals surface area contributed by atoms with Crippen molar-refractivity contribution in [1.82, 2.24) is 5.32 Å². The first kappa shape index (κ1) is 20.9. The molecule has 0 aliphatic carbocycles. The molecule has 1 heterocycles. The van der Waals surface area contributed by atoms with Gasteiger partial charge in [-0.2, -0.15) is 0 Å². The van der Waals surface area contributed by atoms with Crippen molar-refractivity contribution in [1.29, 1.82) is 0 Å². The molecule has 0 aromatic heterocycles. The number of amides is 2. The molecule has 1 saturated heterocycles. The lowest BCUT2D eigenvalue weighted by Crippen LogP contribution is -2.33. The highest BCUT2D eigenvalue weighted by Gasteiger charge is 2.19. The van der Waals surface area contributed by atoms with Crippen LogP contribution in [-0.4, -0.2) is 45.2 Å². The number of hydrogen-bond donors (Lipinski definition) is 2. The minimum Gasteiger partial charge on any atom is -0.385 e. The Morgan fingerprint density at radius 3 is 2.48 bits per heavy atom. The van der Waals surface area contributed by atoms with Gasteiger partial charge in [0.2, 0.25) is 0 Å². The van der Waals surface area contributed by atoms with Crippen LogP contribution in [0.2, 0.25) is 0 Å². The van der Waals surface area contributed by atoms with Crippen molar-refractivity contribution in [3.05, 3.63) is 59.7 Å². The second-order valence-electron chi connectivity index (χ2n) is 7.20. The van der Waals surface area contributed by atoms with Gasteiger partial charge in [-0.1, -0.05) is 18.2 Å². The van der Waals surface area contributed by atoms with E-state index < -0.39 is 0 Å². The van der Waals surface area contributed by atoms with Gasteiger partial charge in [0.05, 0.1) is 5.56 Å². The highest BCUT2D eigenvalue weighted by molar-refractivity contribution is 6.06. The first-order chi connectivity index (χ1) is 14.2. The third kappa shape index (κ3) is 5.81. The molecule has 2 aromatic carbocycles. The summed E-state index contributed by atoms with van der Waals surface area (Å²) in [6.45, 7) is 3.04. The first-order valence-corrected chi connectivity index (χ1v) is 10.2. The Labute approximate surface area is 172 Å². The molecule has 2 amide bonds. The van der Waals surface area contributed by atoms with Crippen molar-refractivity contribution < 1.29 is 14.3 Å². The topological polar surface area (TPSA) is 70.7 Å². The van der Waals surface area contributed by atoms with Crippen molar-refractivity contribution in [3.8, 4) is 0 Å². The number of nitrogens with zero attached hydrogens (tertiary/aromatic N) is 1. The summed E-state index contributed by atoms with van der Waals surface area (Å²) in [5, 5.41) is 5.87. The van der Waals surface area contributed by atoms with Crippen molar-refractivity contribution in [2.45, 2.75) is 25.7 Å². The lowest BCUT2D eigenvalue weighted by atomic mass is 10.1. The Balaban J connectivity index is 1.79. The lowest BCUT2D eigenvalue weighted by Gasteiger charge is -2.30. The summed E-state index contributed by atoms with van der Waals surface area (Å²) in [5.74, 6) is -0.319. The van der Waals surface area contributed by atoms with Gasteiger partial charge in [0, 0.05) is 50.3 Å². The summed E-state index contributed by atoms with van der Waals surface area (Å²) in [7, 11) is 1.65. The van der Waals surface area contributed by atoms with Gasteiger partial charge in [-0.3, -0.25) is 9.59 Å². The van der Waals surface area contributed by atoms with Crippen LogP contribution in [0.3, 0.4) is 0 Å². The normalized spacial score (nSPS) is 13.8. The maximum Gasteiger partial charge on any atom is 0.255 e. The zero-order chi connectivity index (χ0) is 20.5. The molecule has 1 aliphatic rings. The van der Waals surface area contributed by atoms with Gasteiger partial charge < -0.3 is 20.3 Å². The van der Waals surface area contributed by atoms with Crippen LogP contribution >= 0.6 is 0 Å². The van der Waals surface area contributed by atoms with Crippen molar-refractivity contribution in [3.63, 3.8) is 0 Å². The van der Waals surface area contributed by atoms with E-state index in [1.807, 2.05) is 30.3 Å². The molecular formula is C23H29N3O3. The van der Waals surface area contributed by atoms with Crippen molar-refractivity contribution >= 4 is 23.2 Å². The van der Waals surface area contributed by atoms with Crippen LogP contribution in [0.1, 0.15) is 46.4 Å². The molecule has 1 fully saturated rings. The number of carbonyl (C=O) groups excluding carboxylic acids is 2. The van der Waals surface area contributed by atoms with E-state index in [0.717, 1.165) is 38.0 Å². The predicted octanol–water partition coefficient (Wildman–Crippen LogP) is 3.70. The van der Waals surface area contributed by atoms with Gasteiger partial charge in [0.1, 0.15) is 0 Å². The molecule has 0 spiro atoms. The summed E-state index contributed by atoms with van der Waals surface area (Å²) in [4.78, 5) is 27.6. The number of rotatable bonds is 8. The SMILES string of the molecule is COCCCNC(=O)c1cc(NC(=O)c2ccccc2)ccc1N1CCCCC1. The number of ether oxygens (including phenoxy) is 1. The van der Waals surface area contributed by atoms with Crippen LogP contribution in [0.5, 0.6) is 0 Å². The lowest BCUT2D eigenvalue weighted by molar-refractivity contribution is 0.0947. The van der Waals surface area contributed by atoms with Gasteiger partial charge in [0.15, 0.2) is 0 Å². The molecule has 6 heteroatoms. The highest BCUT2D eigenvalue weighted by Crippen LogP contribution is 2.27. The summed E-state index contributed by atoms with van der Waals surface area (Å²) in [6, 6.07) is 14.6. The number of nitrogens with one attached hydrogen (secondary N) is 2. The van der Waals surface area contributed by atoms with Gasteiger partial charge in [-0.15, -0.1) is 0 Å². The molecule has 6 nitrogen and oxygen atoms in total. The largest absolute Gasteiger partial charge is 0.385 e. The summed E-state index contributed by atoms with van der Waals surface area (Å²) in [6.07, 6.45) is 4.23. The molecular weight excluding hydrogens is 366 g/mol. The Kier molecular flexibility index (Phi) is 7.64. The van der Waals surface area contributed by atoms with Crippen LogP contribution in [0.25, 0.3) is 0 Å². The van der Waals surface area contributed by atoms with Crippen LogP contribution in [0, 0.1) is 0 Å². The predicted molar refractivity (Wildman–Crippen MR) is 116 cm³/mol. The fourth-order valence-corrected chi connectivity index (χ4v) is 3.51. The number of benzene rings is 2. The second kappa shape index (κ2) is 10.6. The third-order valence-corrected chi connectivity index (χ3v) is 5.04. The summed E-state index contributed by atoms with van der Waals surface area (Å²) >= 11 is 0. The van der Waals surface area contributed by atoms with Crippen LogP contribution in [0.4, 0.5) is 11.4 Å². The molecule has 0 radical (unpaired) electrons. The quantitative estimate of drug-likeness (QED) is 0.669. The van der Waals surface area contributed by atoms with Crippen LogP contribution in [-0.2, 0) is 4.74 Å². The Morgan fingerprint density at radius 2 is 1.76 bits per heavy atom. The van der Waals surface area contributed by atoms with E-state index in [4.69, 9.17) is 4.74 Å². The minimum absolute atomic E-state index is 0.127. The van der Waals surface area contributed by atoms with E-state index in [-0.39, 0.29) is 11.8 Å². The first-order valence-electron chi connectivity index (χ1n) is 10.2. The van der Waals surface area contributed by atoms with Crippen molar-refractivity contribution in [2.24, 2.45) is 0 Å². The van der Waals surface area contributed by atoms with E-state index in [1.165, 1.54) is 6.42 Å². The smallest absolute Gasteiger partial charge is 0.255 e. The minimum atomic E-state index is -0.192. The zero-order valence-corrected chi connectivity index (χ0v) is 16.9. The highest BCUT2D eigenvalue weighted by atomic mass is 16.5. The standard InChI is InChI=1S/C23H29N3O3/c1-29-16-8-13-24-23(28)20-17-19(25-22(27)18-9-4-2-5-10-18)11-12-21(20)26-14-6-3-7-15-26/h2,4-5,9-12,17H,3,6-8,13-16H2,1H3,(H,24,28)(H,25,27). The van der Waals surface area contributed by atoms with Crippen LogP contribution < -0.4 is 15.5 Å². The molecule has 0 bridgehead atoms. The van der Waals surface area contributed by atoms with Crippen molar-refractivity contribution in [2.75, 3.05) is 43.6 Å². The average molecular weight is 396 g/mol. The molecule has 0 unspecified atom stereocenters. The van der Waals surface area contributed by atoms with Gasteiger partial charge in [-0.05, 0) is 56.0 Å². The second-order valence-corrected chi connectivity index (χ2v) is 7.20. The molecule has 1 aliphatic heterocycles. The molecule has 0 saturated carbocycles. The monoisotopic (exact) mass is 395 g/mol. The fraction of sp³-hybridized carbons (Fsp3) is 0.391. The molecule has 2 N–H and O–H groups in total. The molecule has 2 aromatic rings. The van der Waals surface area contributed by atoms with E-state index >= 15 is 0 Å². The summed E-state index contributed by atoms with van der Waals surface area (Å²) in [5.41, 5.74) is 2.71. The maximum absolute atomic E-state index is 12.9. The Hall–Kier alpha value is -2.86. The number of hydrogen-bond acceptors (Lipinski definition) is 4. The van der Waals surface area contributed by atoms with E-state index in [1.54, 1.807) is 25.3 Å². The number of methoxy groups -OCH3 is 1. The van der Waals surface area contributed by atoms with Crippen LogP contribution in [0.15, 0.2) is 48.5 Å². The van der Waals surface area contributed by atoms with E-state index in [2.05, 4.69) is 15.5 Å². The fourth-order valence-electron chi connectivity index (χ4n) is 3.51. The van der Waals surface area contributed by atoms with E-state index in [9.17, 15) is 9.59 Å². The Bertz CT molecular complexity index is 817. The van der Waals surface area contributed by atoms with E-state index in [0.29, 0.717) is 30.0 Å². The number of carbonyl (C=O) groups is 2. The van der Waals surface area contributed by atoms with Gasteiger partial charge >= 0.3 is 0 Å². The Morgan fingerprint density at radius 1 is 1.00 bits per heavy atom. The molecule has 154 valence electrons. The number of anilines is 2.